The van der Waals surface area contributed by atoms with Crippen molar-refractivity contribution in [3.63, 3.8) is 0 Å². The van der Waals surface area contributed by atoms with Crippen LogP contribution in [0.4, 0.5) is 0 Å². The van der Waals surface area contributed by atoms with Gasteiger partial charge in [0.25, 0.3) is 0 Å². The highest BCUT2D eigenvalue weighted by molar-refractivity contribution is 7.99. The fourth-order valence-electron chi connectivity index (χ4n) is 2.92. The maximum Gasteiger partial charge on any atom is 0.233 e. The number of benzene rings is 1. The van der Waals surface area contributed by atoms with E-state index in [-0.39, 0.29) is 5.91 Å². The lowest BCUT2D eigenvalue weighted by molar-refractivity contribution is -0.127. The molecule has 1 aromatic carbocycles. The van der Waals surface area contributed by atoms with Gasteiger partial charge in [0.1, 0.15) is 5.52 Å². The third-order valence-electron chi connectivity index (χ3n) is 4.13. The number of likely N-dealkylation sites (tertiary alicyclic amines) is 1. The standard InChI is InChI=1S/C16H17N5OS/c1-10-4-5-12-11(8-10)14-15(17-12)18-16(20-19-14)23-9-13(22)21-6-2-3-7-21/h4-5,8H,2-3,6-7,9H2,1H3,(H,17,18,20). The van der Waals surface area contributed by atoms with Crippen molar-refractivity contribution in [2.24, 2.45) is 0 Å². The molecule has 1 N–H and O–H groups in total. The molecule has 1 amide bonds. The average molecular weight is 327 g/mol. The molecule has 0 radical (unpaired) electrons. The minimum atomic E-state index is 0.156. The van der Waals surface area contributed by atoms with Gasteiger partial charge < -0.3 is 9.88 Å². The Kier molecular flexibility index (Phi) is 3.65. The highest BCUT2D eigenvalue weighted by Gasteiger charge is 2.18. The Morgan fingerprint density at radius 3 is 2.96 bits per heavy atom. The number of nitrogens with one attached hydrogen (secondary N) is 1. The van der Waals surface area contributed by atoms with Crippen molar-refractivity contribution in [2.45, 2.75) is 24.9 Å². The monoisotopic (exact) mass is 327 g/mol. The molecule has 3 aromatic rings. The van der Waals surface area contributed by atoms with Gasteiger partial charge in [-0.2, -0.15) is 0 Å². The molecule has 0 aliphatic carbocycles. The number of H-pyrrole nitrogens is 1. The first-order chi connectivity index (χ1) is 11.2. The van der Waals surface area contributed by atoms with E-state index in [4.69, 9.17) is 0 Å². The van der Waals surface area contributed by atoms with E-state index in [2.05, 4.69) is 32.3 Å². The number of carbonyl (C=O) groups is 1. The summed E-state index contributed by atoms with van der Waals surface area (Å²) in [5, 5.41) is 10.0. The summed E-state index contributed by atoms with van der Waals surface area (Å²) >= 11 is 1.35. The Labute approximate surface area is 137 Å². The molecule has 0 spiro atoms. The molecular weight excluding hydrogens is 310 g/mol. The fourth-order valence-corrected chi connectivity index (χ4v) is 3.61. The summed E-state index contributed by atoms with van der Waals surface area (Å²) in [5.74, 6) is 0.524. The van der Waals surface area contributed by atoms with Gasteiger partial charge in [0.05, 0.1) is 5.75 Å². The third kappa shape index (κ3) is 2.76. The van der Waals surface area contributed by atoms with Crippen LogP contribution < -0.4 is 0 Å². The van der Waals surface area contributed by atoms with Crippen LogP contribution in [0, 0.1) is 6.92 Å². The summed E-state index contributed by atoms with van der Waals surface area (Å²) in [6.45, 7) is 3.80. The number of aryl methyl sites for hydroxylation is 1. The molecule has 2 aromatic heterocycles. The number of hydrogen-bond donors (Lipinski definition) is 1. The second-order valence-corrected chi connectivity index (χ2v) is 6.78. The third-order valence-corrected chi connectivity index (χ3v) is 4.96. The smallest absolute Gasteiger partial charge is 0.233 e. The molecule has 0 atom stereocenters. The van der Waals surface area contributed by atoms with E-state index in [0.29, 0.717) is 10.9 Å². The van der Waals surface area contributed by atoms with Crippen LogP contribution in [-0.2, 0) is 4.79 Å². The van der Waals surface area contributed by atoms with Crippen LogP contribution in [0.15, 0.2) is 23.4 Å². The minimum Gasteiger partial charge on any atom is -0.342 e. The molecule has 7 heteroatoms. The van der Waals surface area contributed by atoms with Gasteiger partial charge in [0.15, 0.2) is 5.65 Å². The maximum atomic E-state index is 12.1. The van der Waals surface area contributed by atoms with Gasteiger partial charge in [-0.05, 0) is 31.9 Å². The van der Waals surface area contributed by atoms with Crippen LogP contribution in [0.25, 0.3) is 22.1 Å². The molecule has 0 bridgehead atoms. The Bertz CT molecular complexity index is 885. The molecule has 3 heterocycles. The topological polar surface area (TPSA) is 74.8 Å². The number of amides is 1. The lowest BCUT2D eigenvalue weighted by Crippen LogP contribution is -2.29. The Hall–Kier alpha value is -2.15. The molecule has 4 rings (SSSR count). The van der Waals surface area contributed by atoms with Gasteiger partial charge in [-0.25, -0.2) is 4.98 Å². The van der Waals surface area contributed by atoms with Crippen LogP contribution in [0.5, 0.6) is 0 Å². The minimum absolute atomic E-state index is 0.156. The van der Waals surface area contributed by atoms with E-state index in [1.165, 1.54) is 17.3 Å². The van der Waals surface area contributed by atoms with E-state index in [1.54, 1.807) is 0 Å². The second kappa shape index (κ2) is 5.81. The predicted molar refractivity (Wildman–Crippen MR) is 90.5 cm³/mol. The van der Waals surface area contributed by atoms with Crippen molar-refractivity contribution in [3.05, 3.63) is 23.8 Å². The number of carbonyl (C=O) groups excluding carboxylic acids is 1. The number of fused-ring (bicyclic) bond motifs is 3. The van der Waals surface area contributed by atoms with E-state index >= 15 is 0 Å². The summed E-state index contributed by atoms with van der Waals surface area (Å²) in [6.07, 6.45) is 2.21. The van der Waals surface area contributed by atoms with Crippen molar-refractivity contribution >= 4 is 39.7 Å². The predicted octanol–water partition coefficient (Wildman–Crippen LogP) is 2.53. The first kappa shape index (κ1) is 14.4. The summed E-state index contributed by atoms with van der Waals surface area (Å²) in [7, 11) is 0. The van der Waals surface area contributed by atoms with Gasteiger partial charge in [0, 0.05) is 24.0 Å². The van der Waals surface area contributed by atoms with E-state index in [9.17, 15) is 4.79 Å². The molecule has 6 nitrogen and oxygen atoms in total. The first-order valence-corrected chi connectivity index (χ1v) is 8.72. The van der Waals surface area contributed by atoms with E-state index < -0.39 is 0 Å². The quantitative estimate of drug-likeness (QED) is 0.748. The number of thioether (sulfide) groups is 1. The Morgan fingerprint density at radius 2 is 2.13 bits per heavy atom. The zero-order valence-electron chi connectivity index (χ0n) is 12.9. The van der Waals surface area contributed by atoms with Gasteiger partial charge in [-0.15, -0.1) is 10.2 Å². The van der Waals surface area contributed by atoms with Crippen LogP contribution in [-0.4, -0.2) is 49.8 Å². The molecule has 1 fully saturated rings. The second-order valence-electron chi connectivity index (χ2n) is 5.84. The molecule has 1 aliphatic heterocycles. The normalized spacial score (nSPS) is 14.9. The SMILES string of the molecule is Cc1ccc2[nH]c3nc(SCC(=O)N4CCCC4)nnc3c2c1. The maximum absolute atomic E-state index is 12.1. The Balaban J connectivity index is 1.56. The summed E-state index contributed by atoms with van der Waals surface area (Å²) < 4.78 is 0. The molecule has 23 heavy (non-hydrogen) atoms. The highest BCUT2D eigenvalue weighted by atomic mass is 32.2. The number of hydrogen-bond acceptors (Lipinski definition) is 5. The van der Waals surface area contributed by atoms with Gasteiger partial charge in [0.2, 0.25) is 11.1 Å². The summed E-state index contributed by atoms with van der Waals surface area (Å²) in [4.78, 5) is 21.8. The van der Waals surface area contributed by atoms with Crippen molar-refractivity contribution in [2.75, 3.05) is 18.8 Å². The van der Waals surface area contributed by atoms with Crippen molar-refractivity contribution < 1.29 is 4.79 Å². The molecule has 118 valence electrons. The Morgan fingerprint density at radius 1 is 1.30 bits per heavy atom. The van der Waals surface area contributed by atoms with Gasteiger partial charge in [-0.3, -0.25) is 4.79 Å². The number of nitrogens with zero attached hydrogens (tertiary/aromatic N) is 4. The largest absolute Gasteiger partial charge is 0.342 e. The number of aromatic amines is 1. The number of rotatable bonds is 3. The van der Waals surface area contributed by atoms with Crippen LogP contribution in [0.1, 0.15) is 18.4 Å². The lowest BCUT2D eigenvalue weighted by atomic mass is 10.2. The molecule has 1 aliphatic rings. The lowest BCUT2D eigenvalue weighted by Gasteiger charge is -2.13. The van der Waals surface area contributed by atoms with Crippen LogP contribution in [0.2, 0.25) is 0 Å². The van der Waals surface area contributed by atoms with Crippen LogP contribution in [0.3, 0.4) is 0 Å². The zero-order valence-corrected chi connectivity index (χ0v) is 13.7. The van der Waals surface area contributed by atoms with Gasteiger partial charge >= 0.3 is 0 Å². The van der Waals surface area contributed by atoms with Crippen molar-refractivity contribution in [1.82, 2.24) is 25.1 Å². The van der Waals surface area contributed by atoms with E-state index in [1.807, 2.05) is 17.9 Å². The van der Waals surface area contributed by atoms with E-state index in [0.717, 1.165) is 48.0 Å². The molecular formula is C16H17N5OS. The first-order valence-electron chi connectivity index (χ1n) is 7.74. The molecule has 0 unspecified atom stereocenters. The van der Waals surface area contributed by atoms with Crippen LogP contribution >= 0.6 is 11.8 Å². The molecule has 0 saturated carbocycles. The number of aromatic nitrogens is 4. The van der Waals surface area contributed by atoms with Crippen molar-refractivity contribution in [1.29, 1.82) is 0 Å². The fraction of sp³-hybridized carbons (Fsp3) is 0.375. The van der Waals surface area contributed by atoms with Crippen molar-refractivity contribution in [3.8, 4) is 0 Å². The molecule has 1 saturated heterocycles. The highest BCUT2D eigenvalue weighted by Crippen LogP contribution is 2.24. The zero-order chi connectivity index (χ0) is 15.8. The summed E-state index contributed by atoms with van der Waals surface area (Å²) in [6, 6.07) is 6.15. The van der Waals surface area contributed by atoms with Gasteiger partial charge in [-0.1, -0.05) is 23.4 Å². The summed E-state index contributed by atoms with van der Waals surface area (Å²) in [5.41, 5.74) is 3.67. The average Bonchev–Trinajstić information content (AvgIpc) is 3.19.